The van der Waals surface area contributed by atoms with Crippen LogP contribution in [0.5, 0.6) is 0 Å². The van der Waals surface area contributed by atoms with Crippen LogP contribution in [-0.2, 0) is 19.6 Å². The molecule has 33 heavy (non-hydrogen) atoms. The lowest BCUT2D eigenvalue weighted by Gasteiger charge is -2.56. The molecule has 0 heterocycles. The molecule has 3 N–H and O–H groups in total. The van der Waals surface area contributed by atoms with Gasteiger partial charge in [-0.15, -0.1) is 0 Å². The molecule has 5 rings (SSSR count). The van der Waals surface area contributed by atoms with Crippen LogP contribution in [0.15, 0.2) is 29.2 Å². The van der Waals surface area contributed by atoms with Crippen molar-refractivity contribution >= 4 is 27.7 Å². The van der Waals surface area contributed by atoms with Crippen LogP contribution in [0.2, 0.25) is 0 Å². The van der Waals surface area contributed by atoms with Crippen LogP contribution in [0.25, 0.3) is 0 Å². The highest BCUT2D eigenvalue weighted by Crippen LogP contribution is 2.61. The van der Waals surface area contributed by atoms with Crippen LogP contribution in [0.4, 0.5) is 0 Å². The van der Waals surface area contributed by atoms with Gasteiger partial charge in [-0.3, -0.25) is 25.2 Å². The van der Waals surface area contributed by atoms with Crippen molar-refractivity contribution < 1.29 is 22.8 Å². The predicted molar refractivity (Wildman–Crippen MR) is 121 cm³/mol. The largest absolute Gasteiger partial charge is 0.343 e. The van der Waals surface area contributed by atoms with E-state index in [0.717, 1.165) is 41.3 Å². The molecule has 9 nitrogen and oxygen atoms in total. The van der Waals surface area contributed by atoms with Gasteiger partial charge in [0, 0.05) is 26.1 Å². The minimum Gasteiger partial charge on any atom is -0.343 e. The number of hydrogen-bond acceptors (Lipinski definition) is 5. The van der Waals surface area contributed by atoms with E-state index in [1.807, 2.05) is 0 Å². The van der Waals surface area contributed by atoms with Crippen LogP contribution in [0.3, 0.4) is 0 Å². The summed E-state index contributed by atoms with van der Waals surface area (Å²) in [5, 5.41) is 2.45. The lowest BCUT2D eigenvalue weighted by Crippen LogP contribution is -2.51. The molecule has 0 radical (unpaired) electrons. The Morgan fingerprint density at radius 2 is 1.55 bits per heavy atom. The Morgan fingerprint density at radius 1 is 0.970 bits per heavy atom. The molecule has 3 amide bonds. The first-order valence-corrected chi connectivity index (χ1v) is 12.9. The first-order valence-electron chi connectivity index (χ1n) is 11.4. The number of nitrogens with zero attached hydrogens (tertiary/aromatic N) is 1. The molecule has 0 saturated heterocycles. The zero-order chi connectivity index (χ0) is 23.8. The number of benzene rings is 1. The van der Waals surface area contributed by atoms with Crippen molar-refractivity contribution in [2.45, 2.75) is 49.8 Å². The number of carbonyl (C=O) groups is 3. The molecule has 4 aliphatic rings. The van der Waals surface area contributed by atoms with Crippen LogP contribution in [0.1, 0.15) is 55.3 Å². The molecular weight excluding hydrogens is 444 g/mol. The van der Waals surface area contributed by atoms with E-state index < -0.39 is 21.8 Å². The third kappa shape index (κ3) is 5.22. The van der Waals surface area contributed by atoms with E-state index in [-0.39, 0.29) is 28.3 Å². The van der Waals surface area contributed by atoms with Crippen molar-refractivity contribution in [2.75, 3.05) is 20.6 Å². The Labute approximate surface area is 194 Å². The van der Waals surface area contributed by atoms with E-state index in [1.54, 1.807) is 0 Å². The van der Waals surface area contributed by atoms with E-state index in [0.29, 0.717) is 6.42 Å². The Morgan fingerprint density at radius 3 is 2.12 bits per heavy atom. The zero-order valence-electron chi connectivity index (χ0n) is 19.1. The van der Waals surface area contributed by atoms with Crippen LogP contribution >= 0.6 is 0 Å². The molecule has 0 spiro atoms. The summed E-state index contributed by atoms with van der Waals surface area (Å²) in [6.07, 6.45) is 7.68. The van der Waals surface area contributed by atoms with Gasteiger partial charge >= 0.3 is 0 Å². The molecule has 4 saturated carbocycles. The summed E-state index contributed by atoms with van der Waals surface area (Å²) < 4.78 is 25.5. The molecule has 0 aliphatic heterocycles. The number of amides is 3. The van der Waals surface area contributed by atoms with Crippen molar-refractivity contribution in [3.05, 3.63) is 29.8 Å². The summed E-state index contributed by atoms with van der Waals surface area (Å²) in [5.41, 5.74) is 5.06. The van der Waals surface area contributed by atoms with Gasteiger partial charge in [-0.05, 0) is 79.9 Å². The highest BCUT2D eigenvalue weighted by Gasteiger charge is 2.51. The van der Waals surface area contributed by atoms with Crippen LogP contribution in [0, 0.1) is 23.2 Å². The van der Waals surface area contributed by atoms with Gasteiger partial charge in [-0.2, -0.15) is 0 Å². The van der Waals surface area contributed by atoms with Crippen molar-refractivity contribution in [1.29, 1.82) is 0 Å². The fourth-order valence-electron chi connectivity index (χ4n) is 6.35. The van der Waals surface area contributed by atoms with E-state index in [2.05, 4.69) is 16.2 Å². The van der Waals surface area contributed by atoms with Gasteiger partial charge < -0.3 is 5.32 Å². The quantitative estimate of drug-likeness (QED) is 0.514. The van der Waals surface area contributed by atoms with Crippen LogP contribution < -0.4 is 16.2 Å². The maximum Gasteiger partial charge on any atom is 0.257 e. The summed E-state index contributed by atoms with van der Waals surface area (Å²) in [5.74, 6) is 0.915. The first kappa shape index (κ1) is 23.7. The van der Waals surface area contributed by atoms with Gasteiger partial charge in [0.1, 0.15) is 0 Å². The second-order valence-corrected chi connectivity index (χ2v) is 12.3. The molecule has 1 aromatic carbocycles. The van der Waals surface area contributed by atoms with Crippen molar-refractivity contribution in [1.82, 2.24) is 20.5 Å². The Kier molecular flexibility index (Phi) is 6.50. The predicted octanol–water partition coefficient (Wildman–Crippen LogP) is 1.42. The Bertz CT molecular complexity index is 1020. The highest BCUT2D eigenvalue weighted by molar-refractivity contribution is 7.89. The van der Waals surface area contributed by atoms with Gasteiger partial charge in [0.25, 0.3) is 11.8 Å². The maximum absolute atomic E-state index is 12.5. The second kappa shape index (κ2) is 9.06. The molecule has 4 aliphatic carbocycles. The third-order valence-electron chi connectivity index (χ3n) is 7.33. The van der Waals surface area contributed by atoms with Crippen molar-refractivity contribution in [2.24, 2.45) is 23.2 Å². The minimum absolute atomic E-state index is 0.0125. The maximum atomic E-state index is 12.5. The summed E-state index contributed by atoms with van der Waals surface area (Å²) in [6.45, 7) is -0.346. The number of hydrogen-bond donors (Lipinski definition) is 3. The van der Waals surface area contributed by atoms with Crippen LogP contribution in [-0.4, -0.2) is 51.1 Å². The molecule has 10 heteroatoms. The fraction of sp³-hybridized carbons (Fsp3) is 0.609. The van der Waals surface area contributed by atoms with E-state index in [4.69, 9.17) is 0 Å². The van der Waals surface area contributed by atoms with Gasteiger partial charge in [0.15, 0.2) is 0 Å². The molecule has 180 valence electrons. The van der Waals surface area contributed by atoms with E-state index in [1.165, 1.54) is 57.6 Å². The van der Waals surface area contributed by atoms with Gasteiger partial charge in [-0.1, -0.05) is 6.07 Å². The third-order valence-corrected chi connectivity index (χ3v) is 9.14. The number of carbonyl (C=O) groups excluding carboxylic acids is 3. The minimum atomic E-state index is -3.68. The summed E-state index contributed by atoms with van der Waals surface area (Å²) in [4.78, 5) is 37.0. The lowest BCUT2D eigenvalue weighted by atomic mass is 9.49. The standard InChI is InChI=1S/C23H32N4O5S/c1-27(2)33(31,32)19-5-3-4-18(9-19)22(30)24-14-21(29)26-25-20(28)13-23-10-15-6-16(11-23)8-17(7-15)12-23/h3-5,9,15-17H,6-8,10-14H2,1-2H3,(H,24,30)(H,25,28)(H,26,29). The van der Waals surface area contributed by atoms with Gasteiger partial charge in [0.2, 0.25) is 15.9 Å². The normalized spacial score (nSPS) is 27.9. The molecule has 0 unspecified atom stereocenters. The zero-order valence-corrected chi connectivity index (χ0v) is 19.9. The van der Waals surface area contributed by atoms with Crippen molar-refractivity contribution in [3.63, 3.8) is 0 Å². The molecular formula is C23H32N4O5S. The lowest BCUT2D eigenvalue weighted by molar-refractivity contribution is -0.134. The summed E-state index contributed by atoms with van der Waals surface area (Å²) >= 11 is 0. The SMILES string of the molecule is CN(C)S(=O)(=O)c1cccc(C(=O)NCC(=O)NNC(=O)CC23CC4CC(CC(C4)C2)C3)c1. The van der Waals surface area contributed by atoms with E-state index >= 15 is 0 Å². The molecule has 1 aromatic rings. The highest BCUT2D eigenvalue weighted by atomic mass is 32.2. The smallest absolute Gasteiger partial charge is 0.257 e. The number of rotatable bonds is 7. The fourth-order valence-corrected chi connectivity index (χ4v) is 7.29. The first-order chi connectivity index (χ1) is 15.6. The second-order valence-electron chi connectivity index (χ2n) is 10.2. The number of nitrogens with one attached hydrogen (secondary N) is 3. The van der Waals surface area contributed by atoms with Gasteiger partial charge in [-0.25, -0.2) is 12.7 Å². The Balaban J connectivity index is 1.24. The average molecular weight is 477 g/mol. The Hall–Kier alpha value is -2.46. The molecule has 0 aromatic heterocycles. The topological polar surface area (TPSA) is 125 Å². The number of sulfonamides is 1. The molecule has 0 atom stereocenters. The van der Waals surface area contributed by atoms with Crippen molar-refractivity contribution in [3.8, 4) is 0 Å². The van der Waals surface area contributed by atoms with E-state index in [9.17, 15) is 22.8 Å². The molecule has 4 fully saturated rings. The monoisotopic (exact) mass is 476 g/mol. The van der Waals surface area contributed by atoms with Gasteiger partial charge in [0.05, 0.1) is 11.4 Å². The molecule has 4 bridgehead atoms. The summed E-state index contributed by atoms with van der Waals surface area (Å²) in [7, 11) is -0.862. The average Bonchev–Trinajstić information content (AvgIpc) is 2.74. The number of hydrazine groups is 1. The summed E-state index contributed by atoms with van der Waals surface area (Å²) in [6, 6.07) is 5.60.